The highest BCUT2D eigenvalue weighted by atomic mass is 16.5. The van der Waals surface area contributed by atoms with Gasteiger partial charge < -0.3 is 24.8 Å². The number of benzene rings is 1. The fourth-order valence-electron chi connectivity index (χ4n) is 3.48. The number of nitrogens with zero attached hydrogens (tertiary/aromatic N) is 4. The average Bonchev–Trinajstić information content (AvgIpc) is 3.51. The Labute approximate surface area is 179 Å². The van der Waals surface area contributed by atoms with Gasteiger partial charge in [-0.3, -0.25) is 4.79 Å². The molecule has 1 aromatic carbocycles. The second kappa shape index (κ2) is 8.35. The van der Waals surface area contributed by atoms with E-state index in [0.29, 0.717) is 36.5 Å². The Morgan fingerprint density at radius 1 is 1.06 bits per heavy atom. The Balaban J connectivity index is 1.23. The fourth-order valence-corrected chi connectivity index (χ4v) is 3.48. The summed E-state index contributed by atoms with van der Waals surface area (Å²) in [6, 6.07) is 11.1. The first-order valence-corrected chi connectivity index (χ1v) is 10.5. The summed E-state index contributed by atoms with van der Waals surface area (Å²) in [7, 11) is 0. The number of hydrogen-bond acceptors (Lipinski definition) is 8. The van der Waals surface area contributed by atoms with Crippen LogP contribution in [-0.2, 0) is 4.74 Å². The number of carbonyl (C=O) groups is 1. The van der Waals surface area contributed by atoms with Crippen LogP contribution in [0, 0.1) is 6.92 Å². The van der Waals surface area contributed by atoms with Gasteiger partial charge in [-0.25, -0.2) is 4.98 Å². The summed E-state index contributed by atoms with van der Waals surface area (Å²) >= 11 is 0. The van der Waals surface area contributed by atoms with Crippen molar-refractivity contribution in [1.29, 1.82) is 0 Å². The molecule has 2 aliphatic rings. The van der Waals surface area contributed by atoms with Crippen LogP contribution in [0.5, 0.6) is 0 Å². The van der Waals surface area contributed by atoms with Crippen molar-refractivity contribution in [3.05, 3.63) is 53.5 Å². The molecule has 1 aliphatic heterocycles. The number of hydrogen-bond donors (Lipinski definition) is 2. The molecule has 1 saturated carbocycles. The molecule has 1 aliphatic carbocycles. The van der Waals surface area contributed by atoms with Crippen molar-refractivity contribution in [2.75, 3.05) is 41.8 Å². The zero-order chi connectivity index (χ0) is 21.2. The van der Waals surface area contributed by atoms with Crippen LogP contribution in [0.1, 0.15) is 40.7 Å². The maximum absolute atomic E-state index is 12.4. The molecule has 1 amide bonds. The highest BCUT2D eigenvalue weighted by Crippen LogP contribution is 2.40. The lowest BCUT2D eigenvalue weighted by Gasteiger charge is -2.28. The lowest BCUT2D eigenvalue weighted by Crippen LogP contribution is -2.36. The molecule has 3 heterocycles. The van der Waals surface area contributed by atoms with E-state index in [1.165, 1.54) is 0 Å². The Morgan fingerprint density at radius 2 is 1.81 bits per heavy atom. The molecule has 2 aromatic heterocycles. The molecule has 0 atom stereocenters. The number of ether oxygens (including phenoxy) is 1. The molecule has 9 heteroatoms. The number of morpholine rings is 1. The Morgan fingerprint density at radius 3 is 2.55 bits per heavy atom. The molecular formula is C22H24N6O3. The molecule has 0 spiro atoms. The Hall–Kier alpha value is -3.46. The van der Waals surface area contributed by atoms with E-state index in [9.17, 15) is 4.79 Å². The van der Waals surface area contributed by atoms with E-state index >= 15 is 0 Å². The van der Waals surface area contributed by atoms with E-state index in [-0.39, 0.29) is 5.91 Å². The number of aryl methyl sites for hydroxylation is 1. The molecule has 1 saturated heterocycles. The van der Waals surface area contributed by atoms with Crippen molar-refractivity contribution in [1.82, 2.24) is 15.1 Å². The first-order chi connectivity index (χ1) is 15.1. The van der Waals surface area contributed by atoms with E-state index in [2.05, 4.69) is 30.7 Å². The summed E-state index contributed by atoms with van der Waals surface area (Å²) < 4.78 is 10.7. The molecule has 160 valence electrons. The molecule has 0 radical (unpaired) electrons. The van der Waals surface area contributed by atoms with E-state index in [4.69, 9.17) is 9.26 Å². The topological polar surface area (TPSA) is 105 Å². The van der Waals surface area contributed by atoms with Gasteiger partial charge in [0.15, 0.2) is 5.69 Å². The van der Waals surface area contributed by atoms with Crippen LogP contribution in [0.3, 0.4) is 0 Å². The van der Waals surface area contributed by atoms with Crippen LogP contribution in [0.15, 0.2) is 40.9 Å². The number of amides is 1. The van der Waals surface area contributed by atoms with Crippen molar-refractivity contribution in [2.45, 2.75) is 25.7 Å². The fraction of sp³-hybridized carbons (Fsp3) is 0.364. The molecule has 9 nitrogen and oxygen atoms in total. The molecule has 3 aromatic rings. The maximum atomic E-state index is 12.4. The monoisotopic (exact) mass is 420 g/mol. The molecule has 2 fully saturated rings. The normalized spacial score (nSPS) is 16.2. The van der Waals surface area contributed by atoms with Crippen LogP contribution in [0.2, 0.25) is 0 Å². The number of carbonyl (C=O) groups excluding carboxylic acids is 1. The van der Waals surface area contributed by atoms with Gasteiger partial charge in [-0.15, -0.1) is 0 Å². The summed E-state index contributed by atoms with van der Waals surface area (Å²) in [6.45, 7) is 4.99. The minimum absolute atomic E-state index is 0.284. The average molecular weight is 420 g/mol. The number of anilines is 4. The first kappa shape index (κ1) is 19.5. The minimum atomic E-state index is -0.284. The van der Waals surface area contributed by atoms with Crippen molar-refractivity contribution in [3.63, 3.8) is 0 Å². The van der Waals surface area contributed by atoms with Gasteiger partial charge in [0, 0.05) is 48.2 Å². The first-order valence-electron chi connectivity index (χ1n) is 10.5. The molecule has 2 N–H and O–H groups in total. The third kappa shape index (κ3) is 4.66. The number of rotatable bonds is 6. The highest BCUT2D eigenvalue weighted by Gasteiger charge is 2.28. The van der Waals surface area contributed by atoms with Crippen molar-refractivity contribution in [2.24, 2.45) is 0 Å². The molecule has 5 rings (SSSR count). The summed E-state index contributed by atoms with van der Waals surface area (Å²) in [4.78, 5) is 23.7. The second-order valence-corrected chi connectivity index (χ2v) is 7.84. The third-order valence-electron chi connectivity index (χ3n) is 5.32. The van der Waals surface area contributed by atoms with Crippen LogP contribution in [-0.4, -0.2) is 47.3 Å². The number of nitrogens with one attached hydrogen (secondary N) is 2. The lowest BCUT2D eigenvalue weighted by molar-refractivity contribution is 0.101. The Bertz CT molecular complexity index is 1070. The van der Waals surface area contributed by atoms with Gasteiger partial charge in [-0.05, 0) is 44.0 Å². The summed E-state index contributed by atoms with van der Waals surface area (Å²) in [5, 5.41) is 9.96. The largest absolute Gasteiger partial charge is 0.378 e. The van der Waals surface area contributed by atoms with E-state index in [1.807, 2.05) is 37.3 Å². The van der Waals surface area contributed by atoms with Crippen molar-refractivity contribution in [3.8, 4) is 0 Å². The minimum Gasteiger partial charge on any atom is -0.378 e. The predicted octanol–water partition coefficient (Wildman–Crippen LogP) is 3.48. The molecule has 0 bridgehead atoms. The summed E-state index contributed by atoms with van der Waals surface area (Å²) in [5.74, 6) is 2.36. The molecule has 0 unspecified atom stereocenters. The smallest absolute Gasteiger partial charge is 0.277 e. The van der Waals surface area contributed by atoms with E-state index < -0.39 is 0 Å². The van der Waals surface area contributed by atoms with E-state index in [1.54, 1.807) is 6.07 Å². The van der Waals surface area contributed by atoms with E-state index in [0.717, 1.165) is 48.9 Å². The van der Waals surface area contributed by atoms with Gasteiger partial charge in [0.1, 0.15) is 11.6 Å². The maximum Gasteiger partial charge on any atom is 0.277 e. The van der Waals surface area contributed by atoms with Crippen LogP contribution < -0.4 is 15.5 Å². The summed E-state index contributed by atoms with van der Waals surface area (Å²) in [6.07, 6.45) is 2.20. The van der Waals surface area contributed by atoms with Gasteiger partial charge in [0.25, 0.3) is 5.91 Å². The van der Waals surface area contributed by atoms with Crippen LogP contribution in [0.25, 0.3) is 0 Å². The quantitative estimate of drug-likeness (QED) is 0.624. The zero-order valence-electron chi connectivity index (χ0n) is 17.3. The molecule has 31 heavy (non-hydrogen) atoms. The van der Waals surface area contributed by atoms with Gasteiger partial charge in [0.2, 0.25) is 5.95 Å². The lowest BCUT2D eigenvalue weighted by atomic mass is 10.2. The standard InChI is InChI=1S/C22H24N6O3/c1-14-12-20(28-8-10-30-11-9-28)26-22(23-14)25-17-6-4-16(5-7-17)24-21(29)18-13-19(31-27-18)15-2-3-15/h4-7,12-13,15H,2-3,8-11H2,1H3,(H,24,29)(H,23,25,26). The van der Waals surface area contributed by atoms with Crippen molar-refractivity contribution < 1.29 is 14.1 Å². The predicted molar refractivity (Wildman–Crippen MR) is 116 cm³/mol. The zero-order valence-corrected chi connectivity index (χ0v) is 17.3. The summed E-state index contributed by atoms with van der Waals surface area (Å²) in [5.41, 5.74) is 2.69. The second-order valence-electron chi connectivity index (χ2n) is 7.84. The van der Waals surface area contributed by atoms with Crippen LogP contribution in [0.4, 0.5) is 23.1 Å². The van der Waals surface area contributed by atoms with Crippen molar-refractivity contribution >= 4 is 29.0 Å². The third-order valence-corrected chi connectivity index (χ3v) is 5.32. The van der Waals surface area contributed by atoms with Gasteiger partial charge in [-0.1, -0.05) is 5.16 Å². The van der Waals surface area contributed by atoms with Gasteiger partial charge >= 0.3 is 0 Å². The highest BCUT2D eigenvalue weighted by molar-refractivity contribution is 6.02. The number of aromatic nitrogens is 3. The molecular weight excluding hydrogens is 396 g/mol. The van der Waals surface area contributed by atoms with Gasteiger partial charge in [-0.2, -0.15) is 4.98 Å². The Kier molecular flexibility index (Phi) is 5.25. The van der Waals surface area contributed by atoms with Gasteiger partial charge in [0.05, 0.1) is 13.2 Å². The van der Waals surface area contributed by atoms with Crippen LogP contribution >= 0.6 is 0 Å². The SMILES string of the molecule is Cc1cc(N2CCOCC2)nc(Nc2ccc(NC(=O)c3cc(C4CC4)on3)cc2)n1.